The quantitative estimate of drug-likeness (QED) is 0.701. The van der Waals surface area contributed by atoms with Crippen molar-refractivity contribution in [1.82, 2.24) is 0 Å². The van der Waals surface area contributed by atoms with Crippen LogP contribution in [0.4, 0.5) is 0 Å². The molecule has 86 valence electrons. The fourth-order valence-corrected chi connectivity index (χ4v) is 4.34. The molecule has 0 saturated carbocycles. The molecule has 0 bridgehead atoms. The second-order valence-electron chi connectivity index (χ2n) is 4.66. The molecule has 0 aliphatic carbocycles. The maximum absolute atomic E-state index is 11.3. The van der Waals surface area contributed by atoms with Crippen molar-refractivity contribution in [3.63, 3.8) is 0 Å². The molecular formula is C9H14O5S. The van der Waals surface area contributed by atoms with Crippen molar-refractivity contribution < 1.29 is 23.1 Å². The SMILES string of the molecule is CC1(C(=O)O)CCC2(CCS(=O)(=O)C2)O1. The Balaban J connectivity index is 2.20. The summed E-state index contributed by atoms with van der Waals surface area (Å²) in [6.45, 7) is 1.51. The van der Waals surface area contributed by atoms with Gasteiger partial charge in [-0.2, -0.15) is 0 Å². The number of carbonyl (C=O) groups is 1. The summed E-state index contributed by atoms with van der Waals surface area (Å²) in [5.74, 6) is -0.922. The first-order valence-electron chi connectivity index (χ1n) is 4.91. The van der Waals surface area contributed by atoms with Crippen LogP contribution in [0.25, 0.3) is 0 Å². The summed E-state index contributed by atoms with van der Waals surface area (Å²) < 4.78 is 28.2. The van der Waals surface area contributed by atoms with Gasteiger partial charge < -0.3 is 9.84 Å². The highest BCUT2D eigenvalue weighted by molar-refractivity contribution is 7.91. The van der Waals surface area contributed by atoms with Crippen LogP contribution in [0, 0.1) is 0 Å². The molecule has 0 aromatic carbocycles. The number of ether oxygens (including phenoxy) is 1. The van der Waals surface area contributed by atoms with E-state index in [1.165, 1.54) is 6.92 Å². The van der Waals surface area contributed by atoms with Crippen LogP contribution in [0.5, 0.6) is 0 Å². The van der Waals surface area contributed by atoms with Gasteiger partial charge in [-0.15, -0.1) is 0 Å². The van der Waals surface area contributed by atoms with Crippen molar-refractivity contribution in [1.29, 1.82) is 0 Å². The summed E-state index contributed by atoms with van der Waals surface area (Å²) >= 11 is 0. The summed E-state index contributed by atoms with van der Waals surface area (Å²) in [7, 11) is -3.03. The fourth-order valence-electron chi connectivity index (χ4n) is 2.36. The minimum atomic E-state index is -3.03. The van der Waals surface area contributed by atoms with Gasteiger partial charge in [-0.05, 0) is 26.2 Å². The number of carboxylic acid groups (broad SMARTS) is 1. The van der Waals surface area contributed by atoms with E-state index in [9.17, 15) is 13.2 Å². The van der Waals surface area contributed by atoms with Gasteiger partial charge >= 0.3 is 5.97 Å². The minimum absolute atomic E-state index is 0.0249. The highest BCUT2D eigenvalue weighted by atomic mass is 32.2. The monoisotopic (exact) mass is 234 g/mol. The zero-order chi connectivity index (χ0) is 11.3. The van der Waals surface area contributed by atoms with Crippen LogP contribution in [0.2, 0.25) is 0 Å². The van der Waals surface area contributed by atoms with E-state index in [2.05, 4.69) is 0 Å². The second kappa shape index (κ2) is 2.95. The van der Waals surface area contributed by atoms with Crippen LogP contribution in [-0.4, -0.2) is 42.2 Å². The van der Waals surface area contributed by atoms with Gasteiger partial charge in [0.1, 0.15) is 0 Å². The van der Waals surface area contributed by atoms with Crippen molar-refractivity contribution in [3.8, 4) is 0 Å². The first-order chi connectivity index (χ1) is 6.77. The lowest BCUT2D eigenvalue weighted by molar-refractivity contribution is -0.168. The van der Waals surface area contributed by atoms with Crippen molar-refractivity contribution >= 4 is 15.8 Å². The number of rotatable bonds is 1. The van der Waals surface area contributed by atoms with E-state index in [0.29, 0.717) is 19.3 Å². The lowest BCUT2D eigenvalue weighted by Gasteiger charge is -2.25. The zero-order valence-electron chi connectivity index (χ0n) is 8.52. The van der Waals surface area contributed by atoms with E-state index in [0.717, 1.165) is 0 Å². The molecule has 1 spiro atoms. The van der Waals surface area contributed by atoms with E-state index >= 15 is 0 Å². The molecule has 2 aliphatic rings. The molecule has 2 unspecified atom stereocenters. The molecule has 6 heteroatoms. The number of hydrogen-bond acceptors (Lipinski definition) is 4. The average molecular weight is 234 g/mol. The molecule has 2 saturated heterocycles. The predicted molar refractivity (Wildman–Crippen MR) is 52.4 cm³/mol. The molecule has 5 nitrogen and oxygen atoms in total. The third kappa shape index (κ3) is 1.76. The smallest absolute Gasteiger partial charge is 0.335 e. The highest BCUT2D eigenvalue weighted by Gasteiger charge is 2.55. The molecule has 15 heavy (non-hydrogen) atoms. The number of hydrogen-bond donors (Lipinski definition) is 1. The lowest BCUT2D eigenvalue weighted by Crippen LogP contribution is -2.40. The van der Waals surface area contributed by atoms with Gasteiger partial charge in [0.15, 0.2) is 15.4 Å². The van der Waals surface area contributed by atoms with E-state index in [-0.39, 0.29) is 11.5 Å². The van der Waals surface area contributed by atoms with Crippen molar-refractivity contribution in [2.75, 3.05) is 11.5 Å². The van der Waals surface area contributed by atoms with Crippen molar-refractivity contribution in [2.45, 2.75) is 37.4 Å². The summed E-state index contributed by atoms with van der Waals surface area (Å²) in [4.78, 5) is 11.0. The molecular weight excluding hydrogens is 220 g/mol. The zero-order valence-corrected chi connectivity index (χ0v) is 9.34. The Kier molecular flexibility index (Phi) is 2.14. The normalized spacial score (nSPS) is 43.5. The van der Waals surface area contributed by atoms with Gasteiger partial charge in [-0.1, -0.05) is 0 Å². The molecule has 2 rings (SSSR count). The largest absolute Gasteiger partial charge is 0.479 e. The first kappa shape index (κ1) is 10.9. The Bertz CT molecular complexity index is 401. The Labute approximate surface area is 88.3 Å². The summed E-state index contributed by atoms with van der Waals surface area (Å²) in [5.41, 5.74) is -1.94. The molecule has 0 aromatic heterocycles. The lowest BCUT2D eigenvalue weighted by atomic mass is 9.96. The average Bonchev–Trinajstić information content (AvgIpc) is 2.56. The molecule has 2 heterocycles. The third-order valence-electron chi connectivity index (χ3n) is 3.30. The van der Waals surface area contributed by atoms with Gasteiger partial charge in [-0.25, -0.2) is 13.2 Å². The van der Waals surface area contributed by atoms with Crippen LogP contribution in [0.1, 0.15) is 26.2 Å². The number of sulfone groups is 1. The number of aliphatic carboxylic acids is 1. The minimum Gasteiger partial charge on any atom is -0.479 e. The Morgan fingerprint density at radius 3 is 2.40 bits per heavy atom. The van der Waals surface area contributed by atoms with E-state index in [1.807, 2.05) is 0 Å². The predicted octanol–water partition coefficient (Wildman–Crippen LogP) is 0.197. The highest BCUT2D eigenvalue weighted by Crippen LogP contribution is 2.44. The van der Waals surface area contributed by atoms with E-state index in [1.54, 1.807) is 0 Å². The topological polar surface area (TPSA) is 80.7 Å². The van der Waals surface area contributed by atoms with Gasteiger partial charge in [0.05, 0.1) is 17.1 Å². The molecule has 0 amide bonds. The Hall–Kier alpha value is -0.620. The Morgan fingerprint density at radius 1 is 1.33 bits per heavy atom. The molecule has 2 atom stereocenters. The summed E-state index contributed by atoms with van der Waals surface area (Å²) in [5, 5.41) is 8.97. The summed E-state index contributed by atoms with van der Waals surface area (Å²) in [6, 6.07) is 0. The van der Waals surface area contributed by atoms with Gasteiger partial charge in [0.2, 0.25) is 0 Å². The maximum atomic E-state index is 11.3. The molecule has 2 aliphatic heterocycles. The number of carboxylic acids is 1. The van der Waals surface area contributed by atoms with Gasteiger partial charge in [0, 0.05) is 0 Å². The summed E-state index contributed by atoms with van der Waals surface area (Å²) in [6.07, 6.45) is 1.34. The Morgan fingerprint density at radius 2 is 2.00 bits per heavy atom. The van der Waals surface area contributed by atoms with E-state index < -0.39 is 27.0 Å². The van der Waals surface area contributed by atoms with Crippen LogP contribution in [-0.2, 0) is 19.4 Å². The van der Waals surface area contributed by atoms with Crippen molar-refractivity contribution in [3.05, 3.63) is 0 Å². The molecule has 2 fully saturated rings. The molecule has 1 N–H and O–H groups in total. The van der Waals surface area contributed by atoms with Crippen LogP contribution < -0.4 is 0 Å². The van der Waals surface area contributed by atoms with E-state index in [4.69, 9.17) is 9.84 Å². The van der Waals surface area contributed by atoms with Gasteiger partial charge in [-0.3, -0.25) is 0 Å². The second-order valence-corrected chi connectivity index (χ2v) is 6.85. The fraction of sp³-hybridized carbons (Fsp3) is 0.889. The first-order valence-corrected chi connectivity index (χ1v) is 6.73. The molecule has 0 radical (unpaired) electrons. The van der Waals surface area contributed by atoms with Gasteiger partial charge in [0.25, 0.3) is 0 Å². The molecule has 0 aromatic rings. The van der Waals surface area contributed by atoms with Crippen LogP contribution >= 0.6 is 0 Å². The van der Waals surface area contributed by atoms with Crippen LogP contribution in [0.15, 0.2) is 0 Å². The van der Waals surface area contributed by atoms with Crippen LogP contribution in [0.3, 0.4) is 0 Å². The maximum Gasteiger partial charge on any atom is 0.335 e. The third-order valence-corrected chi connectivity index (χ3v) is 5.10. The van der Waals surface area contributed by atoms with Crippen molar-refractivity contribution in [2.24, 2.45) is 0 Å². The standard InChI is InChI=1S/C9H14O5S/c1-8(7(10)11)2-3-9(14-8)4-5-15(12,13)6-9/h2-6H2,1H3,(H,10,11).